The van der Waals surface area contributed by atoms with Crippen molar-refractivity contribution in [1.82, 2.24) is 34.2 Å². The van der Waals surface area contributed by atoms with Crippen LogP contribution in [0.15, 0.2) is 47.7 Å². The van der Waals surface area contributed by atoms with Gasteiger partial charge in [0.05, 0.1) is 46.0 Å². The molecular formula is C26H24F3N7O2. The fourth-order valence-electron chi connectivity index (χ4n) is 4.77. The zero-order valence-electron chi connectivity index (χ0n) is 21.1. The Bertz CT molecular complexity index is 1780. The highest BCUT2D eigenvalue weighted by molar-refractivity contribution is 5.95. The Morgan fingerprint density at radius 1 is 1.05 bits per heavy atom. The summed E-state index contributed by atoms with van der Waals surface area (Å²) in [5.41, 5.74) is 5.57. The number of rotatable bonds is 5. The summed E-state index contributed by atoms with van der Waals surface area (Å²) in [6, 6.07) is 7.05. The smallest absolute Gasteiger partial charge is 0.345 e. The molecule has 4 heterocycles. The third kappa shape index (κ3) is 4.31. The van der Waals surface area contributed by atoms with E-state index < -0.39 is 30.9 Å². The standard InChI is InChI=1S/C26H24F3N7O2/c1-14-6-5-7-19-24(14)36(25(38)35(19)12-22(37)32-13-26(27,28)29)20-11-31-18(8-15(20)2)17-9-30-10-21-23(17)16(3)33-34(21)4/h5-11H,12-13H2,1-4H3,(H,32,37). The SMILES string of the molecule is Cc1cc(-c2cncc3c2c(C)nn3C)ncc1-n1c(=O)n(CC(=O)NCC(F)(F)F)c2cccc(C)c21. The number of hydrogen-bond donors (Lipinski definition) is 1. The summed E-state index contributed by atoms with van der Waals surface area (Å²) < 4.78 is 42.1. The van der Waals surface area contributed by atoms with Crippen molar-refractivity contribution in [1.29, 1.82) is 0 Å². The Morgan fingerprint density at radius 3 is 2.53 bits per heavy atom. The highest BCUT2D eigenvalue weighted by Gasteiger charge is 2.28. The lowest BCUT2D eigenvalue weighted by Crippen LogP contribution is -2.38. The summed E-state index contributed by atoms with van der Waals surface area (Å²) in [7, 11) is 1.84. The fraction of sp³-hybridized carbons (Fsp3) is 0.269. The Balaban J connectivity index is 1.62. The molecule has 5 rings (SSSR count). The number of amides is 1. The first-order valence-corrected chi connectivity index (χ1v) is 11.8. The summed E-state index contributed by atoms with van der Waals surface area (Å²) >= 11 is 0. The molecule has 0 fully saturated rings. The maximum Gasteiger partial charge on any atom is 0.405 e. The monoisotopic (exact) mass is 523 g/mol. The quantitative estimate of drug-likeness (QED) is 0.378. The van der Waals surface area contributed by atoms with E-state index in [1.165, 1.54) is 9.13 Å². The third-order valence-corrected chi connectivity index (χ3v) is 6.48. The minimum atomic E-state index is -4.55. The lowest BCUT2D eigenvalue weighted by Gasteiger charge is -2.11. The van der Waals surface area contributed by atoms with Crippen molar-refractivity contribution in [3.05, 3.63) is 70.2 Å². The largest absolute Gasteiger partial charge is 0.405 e. The minimum Gasteiger partial charge on any atom is -0.345 e. The number of benzene rings is 1. The molecule has 12 heteroatoms. The van der Waals surface area contributed by atoms with Crippen molar-refractivity contribution in [2.45, 2.75) is 33.5 Å². The molecule has 196 valence electrons. The minimum absolute atomic E-state index is 0.431. The van der Waals surface area contributed by atoms with Gasteiger partial charge in [-0.3, -0.25) is 28.6 Å². The maximum absolute atomic E-state index is 13.6. The summed E-state index contributed by atoms with van der Waals surface area (Å²) in [5.74, 6) is -0.914. The van der Waals surface area contributed by atoms with Crippen molar-refractivity contribution in [3.8, 4) is 16.9 Å². The molecule has 5 aromatic rings. The second kappa shape index (κ2) is 9.12. The molecule has 0 aliphatic heterocycles. The zero-order chi connectivity index (χ0) is 27.4. The van der Waals surface area contributed by atoms with Crippen LogP contribution in [0.5, 0.6) is 0 Å². The number of para-hydroxylation sites is 1. The Labute approximate surface area is 214 Å². The van der Waals surface area contributed by atoms with Crippen LogP contribution in [0.3, 0.4) is 0 Å². The van der Waals surface area contributed by atoms with Gasteiger partial charge in [-0.05, 0) is 44.0 Å². The number of aryl methyl sites for hydroxylation is 4. The molecule has 4 aromatic heterocycles. The van der Waals surface area contributed by atoms with Crippen LogP contribution in [0.1, 0.15) is 16.8 Å². The van der Waals surface area contributed by atoms with Gasteiger partial charge in [0, 0.05) is 24.2 Å². The van der Waals surface area contributed by atoms with Gasteiger partial charge in [0.25, 0.3) is 0 Å². The van der Waals surface area contributed by atoms with Gasteiger partial charge < -0.3 is 5.32 Å². The number of fused-ring (bicyclic) bond motifs is 2. The van der Waals surface area contributed by atoms with Crippen molar-refractivity contribution in [2.24, 2.45) is 7.05 Å². The van der Waals surface area contributed by atoms with Crippen LogP contribution in [0, 0.1) is 20.8 Å². The molecule has 0 atom stereocenters. The van der Waals surface area contributed by atoms with E-state index in [1.807, 2.05) is 45.3 Å². The molecule has 0 aliphatic carbocycles. The second-order valence-electron chi connectivity index (χ2n) is 9.18. The molecule has 0 bridgehead atoms. The van der Waals surface area contributed by atoms with Crippen LogP contribution in [0.25, 0.3) is 38.9 Å². The number of nitrogens with zero attached hydrogens (tertiary/aromatic N) is 6. The number of halogens is 3. The summed E-state index contributed by atoms with van der Waals surface area (Å²) in [4.78, 5) is 34.8. The predicted molar refractivity (Wildman–Crippen MR) is 136 cm³/mol. The Kier molecular flexibility index (Phi) is 6.04. The average Bonchev–Trinajstić information content (AvgIpc) is 3.31. The highest BCUT2D eigenvalue weighted by atomic mass is 19.4. The zero-order valence-corrected chi connectivity index (χ0v) is 21.1. The highest BCUT2D eigenvalue weighted by Crippen LogP contribution is 2.31. The van der Waals surface area contributed by atoms with Gasteiger partial charge in [-0.1, -0.05) is 12.1 Å². The Hall–Kier alpha value is -4.48. The van der Waals surface area contributed by atoms with E-state index in [4.69, 9.17) is 0 Å². The number of alkyl halides is 3. The number of carbonyl (C=O) groups is 1. The average molecular weight is 524 g/mol. The van der Waals surface area contributed by atoms with Gasteiger partial charge >= 0.3 is 11.9 Å². The number of nitrogens with one attached hydrogen (secondary N) is 1. The van der Waals surface area contributed by atoms with E-state index in [9.17, 15) is 22.8 Å². The molecule has 9 nitrogen and oxygen atoms in total. The van der Waals surface area contributed by atoms with Crippen LogP contribution in [-0.4, -0.2) is 47.5 Å². The van der Waals surface area contributed by atoms with Crippen molar-refractivity contribution in [2.75, 3.05) is 6.54 Å². The summed E-state index contributed by atoms with van der Waals surface area (Å²) in [6.07, 6.45) is 0.489. The predicted octanol–water partition coefficient (Wildman–Crippen LogP) is 3.74. The van der Waals surface area contributed by atoms with Crippen molar-refractivity contribution >= 4 is 27.8 Å². The molecular weight excluding hydrogens is 499 g/mol. The summed E-state index contributed by atoms with van der Waals surface area (Å²) in [6.45, 7) is 3.55. The van der Waals surface area contributed by atoms with Crippen LogP contribution >= 0.6 is 0 Å². The summed E-state index contributed by atoms with van der Waals surface area (Å²) in [5, 5.41) is 7.23. The van der Waals surface area contributed by atoms with E-state index in [0.717, 1.165) is 33.3 Å². The molecule has 0 saturated heterocycles. The van der Waals surface area contributed by atoms with Crippen LogP contribution in [0.4, 0.5) is 13.2 Å². The third-order valence-electron chi connectivity index (χ3n) is 6.48. The van der Waals surface area contributed by atoms with Gasteiger partial charge in [-0.15, -0.1) is 0 Å². The molecule has 1 amide bonds. The molecule has 0 aliphatic rings. The number of carbonyl (C=O) groups excluding carboxylic acids is 1. The van der Waals surface area contributed by atoms with E-state index in [-0.39, 0.29) is 0 Å². The van der Waals surface area contributed by atoms with Crippen LogP contribution in [-0.2, 0) is 18.4 Å². The van der Waals surface area contributed by atoms with Gasteiger partial charge in [-0.2, -0.15) is 18.3 Å². The number of aromatic nitrogens is 6. The van der Waals surface area contributed by atoms with Crippen LogP contribution in [0.2, 0.25) is 0 Å². The van der Waals surface area contributed by atoms with Crippen LogP contribution < -0.4 is 11.0 Å². The molecule has 0 saturated carbocycles. The second-order valence-corrected chi connectivity index (χ2v) is 9.18. The van der Waals surface area contributed by atoms with Gasteiger partial charge in [0.2, 0.25) is 5.91 Å². The first kappa shape index (κ1) is 25.2. The normalized spacial score (nSPS) is 12.0. The number of pyridine rings is 2. The first-order valence-electron chi connectivity index (χ1n) is 11.8. The van der Waals surface area contributed by atoms with Crippen molar-refractivity contribution < 1.29 is 18.0 Å². The van der Waals surface area contributed by atoms with Gasteiger partial charge in [-0.25, -0.2) is 4.79 Å². The van der Waals surface area contributed by atoms with E-state index in [0.29, 0.717) is 22.4 Å². The molecule has 0 radical (unpaired) electrons. The van der Waals surface area contributed by atoms with E-state index in [1.54, 1.807) is 35.4 Å². The Morgan fingerprint density at radius 2 is 1.82 bits per heavy atom. The maximum atomic E-state index is 13.6. The lowest BCUT2D eigenvalue weighted by atomic mass is 10.1. The number of imidazole rings is 1. The van der Waals surface area contributed by atoms with E-state index >= 15 is 0 Å². The van der Waals surface area contributed by atoms with Gasteiger partial charge in [0.1, 0.15) is 13.1 Å². The lowest BCUT2D eigenvalue weighted by molar-refractivity contribution is -0.138. The topological polar surface area (TPSA) is 99.6 Å². The van der Waals surface area contributed by atoms with Gasteiger partial charge in [0.15, 0.2) is 0 Å². The molecule has 38 heavy (non-hydrogen) atoms. The first-order chi connectivity index (χ1) is 18.0. The molecule has 1 N–H and O–H groups in total. The number of hydrogen-bond acceptors (Lipinski definition) is 5. The molecule has 0 unspecified atom stereocenters. The fourth-order valence-corrected chi connectivity index (χ4v) is 4.77. The molecule has 0 spiro atoms. The van der Waals surface area contributed by atoms with E-state index in [2.05, 4.69) is 15.1 Å². The molecule has 1 aromatic carbocycles. The van der Waals surface area contributed by atoms with Crippen molar-refractivity contribution in [3.63, 3.8) is 0 Å².